The van der Waals surface area contributed by atoms with Crippen LogP contribution in [-0.2, 0) is 22.6 Å². The normalized spacial score (nSPS) is 21.1. The number of hydrogen-bond donors (Lipinski definition) is 2. The summed E-state index contributed by atoms with van der Waals surface area (Å²) >= 11 is 5.77. The maximum Gasteiger partial charge on any atom is 0.322 e. The van der Waals surface area contributed by atoms with E-state index in [2.05, 4.69) is 15.7 Å². The molecule has 4 rings (SSSR count). The van der Waals surface area contributed by atoms with Crippen LogP contribution in [0.5, 0.6) is 0 Å². The van der Waals surface area contributed by atoms with Crippen molar-refractivity contribution in [2.45, 2.75) is 25.1 Å². The van der Waals surface area contributed by atoms with Crippen LogP contribution in [0.15, 0.2) is 24.3 Å². The Morgan fingerprint density at radius 2 is 2.28 bits per heavy atom. The Morgan fingerprint density at radius 1 is 1.41 bits per heavy atom. The van der Waals surface area contributed by atoms with Gasteiger partial charge in [0.25, 0.3) is 0 Å². The van der Waals surface area contributed by atoms with Gasteiger partial charge in [-0.15, -0.1) is 0 Å². The Labute approximate surface area is 172 Å². The van der Waals surface area contributed by atoms with Crippen LogP contribution in [0.1, 0.15) is 12.1 Å². The van der Waals surface area contributed by atoms with Gasteiger partial charge in [0.15, 0.2) is 0 Å². The highest BCUT2D eigenvalue weighted by Gasteiger charge is 2.35. The minimum atomic E-state index is -0.522. The van der Waals surface area contributed by atoms with E-state index >= 15 is 0 Å². The van der Waals surface area contributed by atoms with Crippen molar-refractivity contribution < 1.29 is 18.7 Å². The van der Waals surface area contributed by atoms with Crippen LogP contribution in [-0.4, -0.2) is 59.7 Å². The van der Waals surface area contributed by atoms with E-state index in [0.717, 1.165) is 17.9 Å². The molecule has 8 nitrogen and oxygen atoms in total. The molecule has 1 fully saturated rings. The number of rotatable bonds is 5. The lowest BCUT2D eigenvalue weighted by Gasteiger charge is -2.27. The molecule has 0 spiro atoms. The van der Waals surface area contributed by atoms with Gasteiger partial charge in [-0.2, -0.15) is 5.10 Å². The fourth-order valence-electron chi connectivity index (χ4n) is 3.52. The summed E-state index contributed by atoms with van der Waals surface area (Å²) in [5.74, 6) is 0.224. The number of aromatic nitrogens is 2. The van der Waals surface area contributed by atoms with E-state index in [-0.39, 0.29) is 16.7 Å². The van der Waals surface area contributed by atoms with Crippen molar-refractivity contribution in [2.24, 2.45) is 0 Å². The predicted molar refractivity (Wildman–Crippen MR) is 107 cm³/mol. The summed E-state index contributed by atoms with van der Waals surface area (Å²) in [5.41, 5.74) is 1.05. The first-order valence-electron chi connectivity index (χ1n) is 9.42. The fraction of sp³-hybridized carbons (Fsp3) is 0.474. The number of halogens is 2. The van der Waals surface area contributed by atoms with Crippen LogP contribution in [0.2, 0.25) is 5.02 Å². The van der Waals surface area contributed by atoms with Crippen LogP contribution >= 0.6 is 11.6 Å². The molecule has 2 N–H and O–H groups in total. The summed E-state index contributed by atoms with van der Waals surface area (Å²) in [7, 11) is 1.69. The fourth-order valence-corrected chi connectivity index (χ4v) is 3.70. The minimum Gasteiger partial charge on any atom is -0.378 e. The molecule has 2 aliphatic rings. The molecule has 10 heteroatoms. The second-order valence-corrected chi connectivity index (χ2v) is 7.68. The number of urea groups is 1. The van der Waals surface area contributed by atoms with Gasteiger partial charge in [0, 0.05) is 45.0 Å². The zero-order chi connectivity index (χ0) is 20.4. The Morgan fingerprint density at radius 3 is 3.00 bits per heavy atom. The molecule has 1 saturated heterocycles. The molecule has 2 amide bonds. The SMILES string of the molecule is COC1(CNc2cc3n(n2)CCN(C(=O)Nc2ccc(F)c(Cl)c2)C3)CCOC1. The van der Waals surface area contributed by atoms with Gasteiger partial charge in [0.1, 0.15) is 17.2 Å². The molecule has 2 aromatic rings. The van der Waals surface area contributed by atoms with Crippen LogP contribution in [0.4, 0.5) is 20.7 Å². The molecule has 1 atom stereocenters. The lowest BCUT2D eigenvalue weighted by Crippen LogP contribution is -2.40. The third kappa shape index (κ3) is 4.31. The minimum absolute atomic E-state index is 0.0308. The highest BCUT2D eigenvalue weighted by Crippen LogP contribution is 2.24. The smallest absolute Gasteiger partial charge is 0.322 e. The van der Waals surface area contributed by atoms with Gasteiger partial charge in [-0.1, -0.05) is 11.6 Å². The number of nitrogens with zero attached hydrogens (tertiary/aromatic N) is 3. The molecular formula is C19H23ClFN5O3. The number of fused-ring (bicyclic) bond motifs is 1. The van der Waals surface area contributed by atoms with Crippen molar-refractivity contribution in [3.05, 3.63) is 40.8 Å². The van der Waals surface area contributed by atoms with E-state index in [1.807, 2.05) is 10.7 Å². The highest BCUT2D eigenvalue weighted by molar-refractivity contribution is 6.31. The number of ether oxygens (including phenoxy) is 2. The molecule has 29 heavy (non-hydrogen) atoms. The van der Waals surface area contributed by atoms with Crippen LogP contribution < -0.4 is 10.6 Å². The quantitative estimate of drug-likeness (QED) is 0.772. The van der Waals surface area contributed by atoms with Gasteiger partial charge >= 0.3 is 6.03 Å². The first-order chi connectivity index (χ1) is 14.0. The zero-order valence-corrected chi connectivity index (χ0v) is 16.8. The topological polar surface area (TPSA) is 80.7 Å². The van der Waals surface area contributed by atoms with Crippen molar-refractivity contribution in [3.63, 3.8) is 0 Å². The van der Waals surface area contributed by atoms with E-state index in [4.69, 9.17) is 21.1 Å². The number of amides is 2. The molecule has 1 aromatic heterocycles. The molecule has 0 radical (unpaired) electrons. The third-order valence-electron chi connectivity index (χ3n) is 5.35. The number of carbonyl (C=O) groups is 1. The van der Waals surface area contributed by atoms with Crippen molar-refractivity contribution >= 4 is 29.1 Å². The lowest BCUT2D eigenvalue weighted by atomic mass is 10.0. The van der Waals surface area contributed by atoms with Gasteiger partial charge in [-0.3, -0.25) is 4.68 Å². The van der Waals surface area contributed by atoms with Crippen LogP contribution in [0.25, 0.3) is 0 Å². The molecule has 2 aliphatic heterocycles. The van der Waals surface area contributed by atoms with Gasteiger partial charge in [-0.25, -0.2) is 9.18 Å². The van der Waals surface area contributed by atoms with Crippen LogP contribution in [0.3, 0.4) is 0 Å². The first kappa shape index (κ1) is 19.9. The number of hydrogen-bond acceptors (Lipinski definition) is 5. The van der Waals surface area contributed by atoms with Crippen molar-refractivity contribution in [1.82, 2.24) is 14.7 Å². The van der Waals surface area contributed by atoms with Gasteiger partial charge < -0.3 is 25.0 Å². The maximum absolute atomic E-state index is 13.3. The molecule has 0 saturated carbocycles. The van der Waals surface area contributed by atoms with Crippen molar-refractivity contribution in [2.75, 3.05) is 44.0 Å². The highest BCUT2D eigenvalue weighted by atomic mass is 35.5. The number of nitrogens with one attached hydrogen (secondary N) is 2. The molecule has 0 aliphatic carbocycles. The summed E-state index contributed by atoms with van der Waals surface area (Å²) in [6.07, 6.45) is 0.839. The molecule has 156 valence electrons. The van der Waals surface area contributed by atoms with Crippen molar-refractivity contribution in [1.29, 1.82) is 0 Å². The molecule has 3 heterocycles. The average molecular weight is 424 g/mol. The molecule has 0 bridgehead atoms. The standard InChI is InChI=1S/C19H23ClFN5O3/c1-28-19(4-7-29-12-19)11-22-17-9-14-10-25(5-6-26(14)24-17)18(27)23-13-2-3-16(21)15(20)8-13/h2-3,8-9H,4-7,10-12H2,1H3,(H,22,24)(H,23,27). The second-order valence-electron chi connectivity index (χ2n) is 7.27. The van der Waals surface area contributed by atoms with Gasteiger partial charge in [-0.05, 0) is 18.2 Å². The predicted octanol–water partition coefficient (Wildman–Crippen LogP) is 2.94. The summed E-state index contributed by atoms with van der Waals surface area (Å²) in [6.45, 7) is 3.39. The lowest BCUT2D eigenvalue weighted by molar-refractivity contribution is -0.00626. The Kier molecular flexibility index (Phi) is 5.62. The van der Waals surface area contributed by atoms with Crippen molar-refractivity contribution in [3.8, 4) is 0 Å². The number of carbonyl (C=O) groups excluding carboxylic acids is 1. The Hall–Kier alpha value is -2.36. The number of methoxy groups -OCH3 is 1. The molecular weight excluding hydrogens is 401 g/mol. The average Bonchev–Trinajstić information content (AvgIpc) is 3.35. The largest absolute Gasteiger partial charge is 0.378 e. The number of anilines is 2. The van der Waals surface area contributed by atoms with E-state index in [0.29, 0.717) is 45.1 Å². The zero-order valence-electron chi connectivity index (χ0n) is 16.1. The van der Waals surface area contributed by atoms with Gasteiger partial charge in [0.05, 0.1) is 30.4 Å². The number of benzene rings is 1. The summed E-state index contributed by atoms with van der Waals surface area (Å²) < 4.78 is 26.3. The first-order valence-corrected chi connectivity index (χ1v) is 9.80. The van der Waals surface area contributed by atoms with Gasteiger partial charge in [0.2, 0.25) is 0 Å². The monoisotopic (exact) mass is 423 g/mol. The van der Waals surface area contributed by atoms with E-state index in [1.54, 1.807) is 12.0 Å². The molecule has 1 aromatic carbocycles. The second kappa shape index (κ2) is 8.17. The summed E-state index contributed by atoms with van der Waals surface area (Å²) in [4.78, 5) is 14.2. The summed E-state index contributed by atoms with van der Waals surface area (Å²) in [6, 6.07) is 5.77. The van der Waals surface area contributed by atoms with E-state index in [1.165, 1.54) is 18.2 Å². The van der Waals surface area contributed by atoms with E-state index < -0.39 is 5.82 Å². The third-order valence-corrected chi connectivity index (χ3v) is 5.64. The van der Waals surface area contributed by atoms with Crippen LogP contribution in [0, 0.1) is 5.82 Å². The maximum atomic E-state index is 13.3. The Balaban J connectivity index is 1.37. The summed E-state index contributed by atoms with van der Waals surface area (Å²) in [5, 5.41) is 10.6. The Bertz CT molecular complexity index is 900. The van der Waals surface area contributed by atoms with E-state index in [9.17, 15) is 9.18 Å². The molecule has 1 unspecified atom stereocenters.